The van der Waals surface area contributed by atoms with Crippen molar-refractivity contribution in [1.29, 1.82) is 0 Å². The zero-order chi connectivity index (χ0) is 19.9. The fourth-order valence-corrected chi connectivity index (χ4v) is 3.94. The fraction of sp³-hybridized carbons (Fsp3) is 0.667. The van der Waals surface area contributed by atoms with Crippen molar-refractivity contribution in [3.05, 3.63) is 29.6 Å². The molecule has 3 heterocycles. The SMILES string of the molecule is CCNC(=NCc1ncccc1C)N1CCN(C(C)C(=O)N2CCCC2)CC1. The summed E-state index contributed by atoms with van der Waals surface area (Å²) in [6.07, 6.45) is 4.11. The number of carbonyl (C=O) groups excluding carboxylic acids is 1. The van der Waals surface area contributed by atoms with Gasteiger partial charge in [-0.1, -0.05) is 6.07 Å². The van der Waals surface area contributed by atoms with Gasteiger partial charge in [0.05, 0.1) is 18.3 Å². The van der Waals surface area contributed by atoms with Gasteiger partial charge in [0.25, 0.3) is 0 Å². The van der Waals surface area contributed by atoms with Gasteiger partial charge in [-0.15, -0.1) is 0 Å². The van der Waals surface area contributed by atoms with Crippen LogP contribution in [-0.4, -0.2) is 83.4 Å². The first kappa shape index (κ1) is 20.6. The first-order valence-electron chi connectivity index (χ1n) is 10.6. The first-order valence-corrected chi connectivity index (χ1v) is 10.6. The predicted octanol–water partition coefficient (Wildman–Crippen LogP) is 1.48. The van der Waals surface area contributed by atoms with E-state index in [1.54, 1.807) is 0 Å². The lowest BCUT2D eigenvalue weighted by Gasteiger charge is -2.39. The summed E-state index contributed by atoms with van der Waals surface area (Å²) in [5.41, 5.74) is 2.18. The molecule has 0 saturated carbocycles. The van der Waals surface area contributed by atoms with Gasteiger partial charge in [-0.25, -0.2) is 4.99 Å². The maximum atomic E-state index is 12.7. The number of piperazine rings is 1. The minimum absolute atomic E-state index is 0.0315. The molecular formula is C21H34N6O. The van der Waals surface area contributed by atoms with E-state index in [0.717, 1.165) is 70.3 Å². The van der Waals surface area contributed by atoms with Gasteiger partial charge >= 0.3 is 0 Å². The van der Waals surface area contributed by atoms with E-state index < -0.39 is 0 Å². The number of carbonyl (C=O) groups is 1. The Morgan fingerprint density at radius 2 is 1.89 bits per heavy atom. The molecule has 1 atom stereocenters. The van der Waals surface area contributed by atoms with Crippen LogP contribution in [0, 0.1) is 6.92 Å². The summed E-state index contributed by atoms with van der Waals surface area (Å²) in [6, 6.07) is 4.00. The highest BCUT2D eigenvalue weighted by Gasteiger charge is 2.30. The van der Waals surface area contributed by atoms with Crippen molar-refractivity contribution in [3.63, 3.8) is 0 Å². The van der Waals surface area contributed by atoms with Gasteiger partial charge in [0, 0.05) is 52.0 Å². The molecule has 7 heteroatoms. The first-order chi connectivity index (χ1) is 13.6. The quantitative estimate of drug-likeness (QED) is 0.614. The largest absolute Gasteiger partial charge is 0.357 e. The lowest BCUT2D eigenvalue weighted by Crippen LogP contribution is -2.57. The van der Waals surface area contributed by atoms with Crippen molar-refractivity contribution in [1.82, 2.24) is 25.0 Å². The third kappa shape index (κ3) is 5.01. The average molecular weight is 387 g/mol. The van der Waals surface area contributed by atoms with Crippen LogP contribution in [0.2, 0.25) is 0 Å². The molecule has 28 heavy (non-hydrogen) atoms. The summed E-state index contributed by atoms with van der Waals surface area (Å²) in [5, 5.41) is 3.41. The number of nitrogens with one attached hydrogen (secondary N) is 1. The van der Waals surface area contributed by atoms with Gasteiger partial charge in [-0.05, 0) is 45.2 Å². The molecule has 1 unspecified atom stereocenters. The molecule has 2 aliphatic rings. The lowest BCUT2D eigenvalue weighted by molar-refractivity contribution is -0.135. The van der Waals surface area contributed by atoms with E-state index in [1.165, 1.54) is 5.56 Å². The molecule has 0 bridgehead atoms. The second-order valence-electron chi connectivity index (χ2n) is 7.67. The third-order valence-corrected chi connectivity index (χ3v) is 5.77. The number of aromatic nitrogens is 1. The van der Waals surface area contributed by atoms with Crippen molar-refractivity contribution >= 4 is 11.9 Å². The molecule has 1 aromatic heterocycles. The van der Waals surface area contributed by atoms with Crippen LogP contribution in [0.25, 0.3) is 0 Å². The summed E-state index contributed by atoms with van der Waals surface area (Å²) in [5.74, 6) is 1.22. The van der Waals surface area contributed by atoms with Crippen LogP contribution in [0.4, 0.5) is 0 Å². The van der Waals surface area contributed by atoms with Crippen molar-refractivity contribution < 1.29 is 4.79 Å². The number of aliphatic imine (C=N–C) groups is 1. The number of amides is 1. The van der Waals surface area contributed by atoms with Gasteiger partial charge in [-0.3, -0.25) is 14.7 Å². The maximum Gasteiger partial charge on any atom is 0.239 e. The van der Waals surface area contributed by atoms with Crippen molar-refractivity contribution in [2.75, 3.05) is 45.8 Å². The Morgan fingerprint density at radius 1 is 1.18 bits per heavy atom. The highest BCUT2D eigenvalue weighted by atomic mass is 16.2. The Balaban J connectivity index is 1.57. The Kier molecular flexibility index (Phi) is 7.25. The van der Waals surface area contributed by atoms with Gasteiger partial charge in [0.15, 0.2) is 5.96 Å². The molecule has 1 aromatic rings. The Bertz CT molecular complexity index is 677. The van der Waals surface area contributed by atoms with Gasteiger partial charge in [0.2, 0.25) is 5.91 Å². The molecule has 0 spiro atoms. The molecule has 2 saturated heterocycles. The van der Waals surface area contributed by atoms with Gasteiger partial charge < -0.3 is 15.1 Å². The molecule has 0 radical (unpaired) electrons. The monoisotopic (exact) mass is 386 g/mol. The molecule has 1 amide bonds. The molecule has 2 fully saturated rings. The number of likely N-dealkylation sites (tertiary alicyclic amines) is 1. The predicted molar refractivity (Wildman–Crippen MR) is 112 cm³/mol. The van der Waals surface area contributed by atoms with Gasteiger partial charge in [0.1, 0.15) is 0 Å². The minimum atomic E-state index is -0.0315. The molecule has 2 aliphatic heterocycles. The highest BCUT2D eigenvalue weighted by Crippen LogP contribution is 2.14. The molecule has 7 nitrogen and oxygen atoms in total. The van der Waals surface area contributed by atoms with Crippen LogP contribution in [0.15, 0.2) is 23.3 Å². The van der Waals surface area contributed by atoms with E-state index >= 15 is 0 Å². The Morgan fingerprint density at radius 3 is 2.54 bits per heavy atom. The lowest BCUT2D eigenvalue weighted by atomic mass is 10.2. The number of nitrogens with zero attached hydrogens (tertiary/aromatic N) is 5. The van der Waals surface area contributed by atoms with E-state index in [-0.39, 0.29) is 11.9 Å². The number of guanidine groups is 1. The number of rotatable bonds is 5. The second-order valence-corrected chi connectivity index (χ2v) is 7.67. The topological polar surface area (TPSA) is 64.1 Å². The normalized spacial score (nSPS) is 19.8. The third-order valence-electron chi connectivity index (χ3n) is 5.77. The summed E-state index contributed by atoms with van der Waals surface area (Å²) >= 11 is 0. The van der Waals surface area contributed by atoms with E-state index in [2.05, 4.69) is 46.9 Å². The molecule has 1 N–H and O–H groups in total. The van der Waals surface area contributed by atoms with Crippen molar-refractivity contribution in [2.45, 2.75) is 46.2 Å². The van der Waals surface area contributed by atoms with E-state index in [4.69, 9.17) is 4.99 Å². The Labute approximate surface area is 168 Å². The summed E-state index contributed by atoms with van der Waals surface area (Å²) in [6.45, 7) is 13.0. The fourth-order valence-electron chi connectivity index (χ4n) is 3.94. The minimum Gasteiger partial charge on any atom is -0.357 e. The zero-order valence-corrected chi connectivity index (χ0v) is 17.5. The highest BCUT2D eigenvalue weighted by molar-refractivity contribution is 5.82. The second kappa shape index (κ2) is 9.87. The average Bonchev–Trinajstić information content (AvgIpc) is 3.26. The zero-order valence-electron chi connectivity index (χ0n) is 17.5. The number of hydrogen-bond acceptors (Lipinski definition) is 4. The molecule has 154 valence electrons. The van der Waals surface area contributed by atoms with Crippen LogP contribution in [0.5, 0.6) is 0 Å². The van der Waals surface area contributed by atoms with Crippen molar-refractivity contribution in [2.24, 2.45) is 4.99 Å². The maximum absolute atomic E-state index is 12.7. The van der Waals surface area contributed by atoms with Crippen LogP contribution >= 0.6 is 0 Å². The van der Waals surface area contributed by atoms with E-state index in [9.17, 15) is 4.79 Å². The standard InChI is InChI=1S/C21H34N6O/c1-4-22-21(24-16-19-17(2)8-7-9-23-19)27-14-12-25(13-15-27)18(3)20(28)26-10-5-6-11-26/h7-9,18H,4-6,10-16H2,1-3H3,(H,22,24). The Hall–Kier alpha value is -2.15. The number of hydrogen-bond donors (Lipinski definition) is 1. The van der Waals surface area contributed by atoms with E-state index in [1.807, 2.05) is 17.2 Å². The van der Waals surface area contributed by atoms with Crippen LogP contribution in [0.3, 0.4) is 0 Å². The van der Waals surface area contributed by atoms with Crippen LogP contribution in [0.1, 0.15) is 37.9 Å². The summed E-state index contributed by atoms with van der Waals surface area (Å²) < 4.78 is 0. The molecule has 0 aliphatic carbocycles. The van der Waals surface area contributed by atoms with E-state index in [0.29, 0.717) is 6.54 Å². The summed E-state index contributed by atoms with van der Waals surface area (Å²) in [4.78, 5) is 28.6. The van der Waals surface area contributed by atoms with Crippen LogP contribution in [-0.2, 0) is 11.3 Å². The van der Waals surface area contributed by atoms with Gasteiger partial charge in [-0.2, -0.15) is 0 Å². The molecule has 3 rings (SSSR count). The summed E-state index contributed by atoms with van der Waals surface area (Å²) in [7, 11) is 0. The van der Waals surface area contributed by atoms with Crippen LogP contribution < -0.4 is 5.32 Å². The smallest absolute Gasteiger partial charge is 0.239 e. The molecule has 0 aromatic carbocycles. The van der Waals surface area contributed by atoms with Crippen molar-refractivity contribution in [3.8, 4) is 0 Å². The molecular weight excluding hydrogens is 352 g/mol. The number of aryl methyl sites for hydroxylation is 1. The number of pyridine rings is 1.